The molecule has 0 spiro atoms. The number of alkyl halides is 1. The fourth-order valence-corrected chi connectivity index (χ4v) is 3.57. The highest BCUT2D eigenvalue weighted by Gasteiger charge is 2.35. The Kier molecular flexibility index (Phi) is 4.44. The first-order valence-corrected chi connectivity index (χ1v) is 7.19. The third-order valence-corrected chi connectivity index (χ3v) is 4.77. The van der Waals surface area contributed by atoms with E-state index in [2.05, 4.69) is 32.8 Å². The van der Waals surface area contributed by atoms with Gasteiger partial charge in [-0.2, -0.15) is 0 Å². The van der Waals surface area contributed by atoms with Crippen LogP contribution in [0.1, 0.15) is 19.3 Å². The predicted molar refractivity (Wildman–Crippen MR) is 70.4 cm³/mol. The molecule has 0 aromatic carbocycles. The van der Waals surface area contributed by atoms with Crippen molar-refractivity contribution in [1.29, 1.82) is 0 Å². The van der Waals surface area contributed by atoms with Gasteiger partial charge in [-0.3, -0.25) is 9.69 Å². The molecule has 0 saturated carbocycles. The Bertz CT molecular complexity index is 288. The van der Waals surface area contributed by atoms with Crippen molar-refractivity contribution in [3.05, 3.63) is 0 Å². The minimum Gasteiger partial charge on any atom is -0.468 e. The number of esters is 1. The number of halogens is 1. The number of carbonyl (C=O) groups excluding carboxylic acids is 1. The van der Waals surface area contributed by atoms with Gasteiger partial charge in [-0.15, -0.1) is 0 Å². The molecule has 2 heterocycles. The first-order chi connectivity index (χ1) is 8.11. The summed E-state index contributed by atoms with van der Waals surface area (Å²) in [5.41, 5.74) is 0. The Hall–Kier alpha value is -0.130. The van der Waals surface area contributed by atoms with E-state index in [0.717, 1.165) is 25.7 Å². The number of fused-ring (bicyclic) bond motifs is 2. The van der Waals surface area contributed by atoms with Crippen molar-refractivity contribution in [2.45, 2.75) is 36.2 Å². The monoisotopic (exact) mass is 304 g/mol. The van der Waals surface area contributed by atoms with Gasteiger partial charge in [0.1, 0.15) is 4.83 Å². The van der Waals surface area contributed by atoms with Gasteiger partial charge in [0, 0.05) is 25.2 Å². The zero-order valence-corrected chi connectivity index (χ0v) is 12.1. The van der Waals surface area contributed by atoms with Crippen LogP contribution in [-0.2, 0) is 9.53 Å². The second-order valence-electron chi connectivity index (χ2n) is 5.09. The van der Waals surface area contributed by atoms with E-state index in [1.54, 1.807) is 0 Å². The fraction of sp³-hybridized carbons (Fsp3) is 0.917. The third kappa shape index (κ3) is 3.01. The summed E-state index contributed by atoms with van der Waals surface area (Å²) >= 11 is 3.40. The van der Waals surface area contributed by atoms with Crippen LogP contribution < -0.4 is 0 Å². The average molecular weight is 305 g/mol. The first-order valence-electron chi connectivity index (χ1n) is 6.28. The van der Waals surface area contributed by atoms with Crippen LogP contribution in [0, 0.1) is 0 Å². The normalized spacial score (nSPS) is 32.2. The maximum Gasteiger partial charge on any atom is 0.320 e. The number of nitrogens with zero attached hydrogens (tertiary/aromatic N) is 2. The van der Waals surface area contributed by atoms with Gasteiger partial charge in [-0.25, -0.2) is 0 Å². The van der Waals surface area contributed by atoms with Gasteiger partial charge in [-0.1, -0.05) is 15.9 Å². The minimum absolute atomic E-state index is 0.173. The summed E-state index contributed by atoms with van der Waals surface area (Å²) in [6.07, 6.45) is 3.85. The summed E-state index contributed by atoms with van der Waals surface area (Å²) in [4.78, 5) is 16.1. The van der Waals surface area contributed by atoms with Gasteiger partial charge in [0.05, 0.1) is 7.11 Å². The molecule has 0 N–H and O–H groups in total. The standard InChI is InChI=1S/C12H21BrN2O2/c1-14-9-3-4-10(14)7-15(6-5-9)8-11(13)12(16)17-2/h9-11H,3-8H2,1-2H3. The molecule has 3 atom stereocenters. The maximum atomic E-state index is 11.4. The number of hydrogen-bond donors (Lipinski definition) is 0. The molecule has 0 aliphatic carbocycles. The molecule has 2 fully saturated rings. The van der Waals surface area contributed by atoms with Crippen LogP contribution in [-0.4, -0.2) is 66.5 Å². The summed E-state index contributed by atoms with van der Waals surface area (Å²) in [5, 5.41) is 0. The van der Waals surface area contributed by atoms with Gasteiger partial charge in [-0.05, 0) is 32.9 Å². The van der Waals surface area contributed by atoms with E-state index in [-0.39, 0.29) is 10.8 Å². The van der Waals surface area contributed by atoms with Crippen LogP contribution in [0.4, 0.5) is 0 Å². The number of rotatable bonds is 3. The topological polar surface area (TPSA) is 32.8 Å². The molecule has 2 bridgehead atoms. The third-order valence-electron chi connectivity index (χ3n) is 4.11. The Morgan fingerprint density at radius 1 is 1.41 bits per heavy atom. The van der Waals surface area contributed by atoms with Crippen LogP contribution in [0.2, 0.25) is 0 Å². The minimum atomic E-state index is -0.200. The second kappa shape index (κ2) is 5.67. The maximum absolute atomic E-state index is 11.4. The lowest BCUT2D eigenvalue weighted by Crippen LogP contribution is -2.40. The highest BCUT2D eigenvalue weighted by Crippen LogP contribution is 2.28. The van der Waals surface area contributed by atoms with E-state index < -0.39 is 0 Å². The zero-order valence-electron chi connectivity index (χ0n) is 10.6. The molecule has 98 valence electrons. The Morgan fingerprint density at radius 2 is 2.12 bits per heavy atom. The van der Waals surface area contributed by atoms with E-state index in [9.17, 15) is 4.79 Å². The largest absolute Gasteiger partial charge is 0.468 e. The molecule has 2 rings (SSSR count). The molecule has 0 aromatic heterocycles. The molecule has 17 heavy (non-hydrogen) atoms. The molecule has 0 radical (unpaired) electrons. The summed E-state index contributed by atoms with van der Waals surface area (Å²) in [5.74, 6) is -0.173. The quantitative estimate of drug-likeness (QED) is 0.577. The van der Waals surface area contributed by atoms with Crippen LogP contribution in [0.15, 0.2) is 0 Å². The molecular formula is C12H21BrN2O2. The molecule has 3 unspecified atom stereocenters. The lowest BCUT2D eigenvalue weighted by Gasteiger charge is -2.26. The molecular weight excluding hydrogens is 284 g/mol. The molecule has 2 saturated heterocycles. The van der Waals surface area contributed by atoms with E-state index in [1.165, 1.54) is 26.4 Å². The molecule has 0 amide bonds. The van der Waals surface area contributed by atoms with Gasteiger partial charge in [0.15, 0.2) is 0 Å². The molecule has 2 aliphatic heterocycles. The lowest BCUT2D eigenvalue weighted by molar-refractivity contribution is -0.140. The van der Waals surface area contributed by atoms with Crippen molar-refractivity contribution in [3.63, 3.8) is 0 Å². The van der Waals surface area contributed by atoms with Gasteiger partial charge in [0.2, 0.25) is 0 Å². The number of hydrogen-bond acceptors (Lipinski definition) is 4. The van der Waals surface area contributed by atoms with Crippen molar-refractivity contribution >= 4 is 21.9 Å². The highest BCUT2D eigenvalue weighted by atomic mass is 79.9. The Labute approximate surface area is 111 Å². The van der Waals surface area contributed by atoms with Crippen molar-refractivity contribution < 1.29 is 9.53 Å². The van der Waals surface area contributed by atoms with Gasteiger partial charge in [0.25, 0.3) is 0 Å². The molecule has 5 heteroatoms. The number of carbonyl (C=O) groups is 1. The summed E-state index contributed by atoms with van der Waals surface area (Å²) in [6.45, 7) is 2.92. The van der Waals surface area contributed by atoms with Crippen molar-refractivity contribution in [2.24, 2.45) is 0 Å². The second-order valence-corrected chi connectivity index (χ2v) is 6.19. The summed E-state index contributed by atoms with van der Waals surface area (Å²) in [6, 6.07) is 1.41. The fourth-order valence-electron chi connectivity index (χ4n) is 2.97. The first kappa shape index (κ1) is 13.3. The number of likely N-dealkylation sites (N-methyl/N-ethyl adjacent to an activating group) is 1. The average Bonchev–Trinajstić information content (AvgIpc) is 2.56. The summed E-state index contributed by atoms with van der Waals surface area (Å²) < 4.78 is 4.74. The van der Waals surface area contributed by atoms with E-state index >= 15 is 0 Å². The Morgan fingerprint density at radius 3 is 2.82 bits per heavy atom. The van der Waals surface area contributed by atoms with Crippen LogP contribution >= 0.6 is 15.9 Å². The van der Waals surface area contributed by atoms with Crippen molar-refractivity contribution in [1.82, 2.24) is 9.80 Å². The van der Waals surface area contributed by atoms with Gasteiger partial charge < -0.3 is 9.64 Å². The summed E-state index contributed by atoms with van der Waals surface area (Å²) in [7, 11) is 3.67. The van der Waals surface area contributed by atoms with E-state index in [1.807, 2.05) is 0 Å². The number of methoxy groups -OCH3 is 1. The van der Waals surface area contributed by atoms with E-state index in [0.29, 0.717) is 6.04 Å². The molecule has 4 nitrogen and oxygen atoms in total. The Balaban J connectivity index is 1.89. The van der Waals surface area contributed by atoms with Crippen molar-refractivity contribution in [3.8, 4) is 0 Å². The number of likely N-dealkylation sites (tertiary alicyclic amines) is 1. The van der Waals surface area contributed by atoms with Crippen LogP contribution in [0.25, 0.3) is 0 Å². The number of ether oxygens (including phenoxy) is 1. The molecule has 0 aromatic rings. The SMILES string of the molecule is COC(=O)C(Br)CN1CCC2CCC(C1)N2C. The lowest BCUT2D eigenvalue weighted by atomic mass is 10.1. The predicted octanol–water partition coefficient (Wildman–Crippen LogP) is 1.09. The van der Waals surface area contributed by atoms with E-state index in [4.69, 9.17) is 4.74 Å². The van der Waals surface area contributed by atoms with Crippen LogP contribution in [0.5, 0.6) is 0 Å². The van der Waals surface area contributed by atoms with Gasteiger partial charge >= 0.3 is 5.97 Å². The molecule has 2 aliphatic rings. The highest BCUT2D eigenvalue weighted by molar-refractivity contribution is 9.10. The smallest absolute Gasteiger partial charge is 0.320 e. The van der Waals surface area contributed by atoms with Crippen LogP contribution in [0.3, 0.4) is 0 Å². The van der Waals surface area contributed by atoms with Crippen molar-refractivity contribution in [2.75, 3.05) is 33.8 Å². The zero-order chi connectivity index (χ0) is 12.4.